The van der Waals surface area contributed by atoms with Crippen LogP contribution in [0.2, 0.25) is 0 Å². The zero-order valence-corrected chi connectivity index (χ0v) is 41.1. The van der Waals surface area contributed by atoms with E-state index in [0.29, 0.717) is 19.3 Å². The van der Waals surface area contributed by atoms with Gasteiger partial charge in [-0.2, -0.15) is 0 Å². The summed E-state index contributed by atoms with van der Waals surface area (Å²) in [7, 11) is 0. The highest BCUT2D eigenvalue weighted by atomic mass is 16.6. The Balaban J connectivity index is 4.46. The van der Waals surface area contributed by atoms with E-state index in [2.05, 4.69) is 106 Å². The van der Waals surface area contributed by atoms with Gasteiger partial charge in [0.15, 0.2) is 6.10 Å². The van der Waals surface area contributed by atoms with E-state index in [9.17, 15) is 14.4 Å². The van der Waals surface area contributed by atoms with Crippen molar-refractivity contribution in [3.63, 3.8) is 0 Å². The van der Waals surface area contributed by atoms with Crippen LogP contribution >= 0.6 is 0 Å². The Morgan fingerprint density at radius 2 is 0.619 bits per heavy atom. The van der Waals surface area contributed by atoms with Crippen LogP contribution in [0.15, 0.2) is 85.1 Å². The van der Waals surface area contributed by atoms with E-state index in [1.165, 1.54) is 64.2 Å². The molecule has 0 aromatic heterocycles. The van der Waals surface area contributed by atoms with Crippen molar-refractivity contribution in [1.82, 2.24) is 0 Å². The first-order valence-electron chi connectivity index (χ1n) is 26.1. The lowest BCUT2D eigenvalue weighted by molar-refractivity contribution is -0.167. The van der Waals surface area contributed by atoms with Crippen molar-refractivity contribution >= 4 is 17.9 Å². The summed E-state index contributed by atoms with van der Waals surface area (Å²) in [5, 5.41) is 0. The Morgan fingerprint density at radius 1 is 0.333 bits per heavy atom. The molecule has 0 heterocycles. The molecule has 0 bridgehead atoms. The second kappa shape index (κ2) is 51.2. The summed E-state index contributed by atoms with van der Waals surface area (Å²) in [6, 6.07) is 0. The number of carbonyl (C=O) groups is 3. The molecule has 6 heteroatoms. The molecule has 0 unspecified atom stereocenters. The standard InChI is InChI=1S/C57H96O6/c1-4-7-10-13-16-19-22-25-27-28-30-33-35-38-41-44-47-50-56(59)62-53-54(63-57(60)51-48-45-42-39-36-31-24-21-18-15-12-9-6-3)52-61-55(58)49-46-43-40-37-34-32-29-26-23-20-17-14-11-8-5-2/h8,11,16-17,19-21,24-27,29-30,33,54H,4-7,9-10,12-15,18,22-23,28,31-32,34-53H2,1-3H3/b11-8-,19-16-,20-17-,24-21-,27-25-,29-26-,33-30-/t54-/m1/s1. The minimum absolute atomic E-state index is 0.0968. The lowest BCUT2D eigenvalue weighted by atomic mass is 10.1. The summed E-state index contributed by atoms with van der Waals surface area (Å²) >= 11 is 0. The number of carbonyl (C=O) groups excluding carboxylic acids is 3. The topological polar surface area (TPSA) is 78.9 Å². The van der Waals surface area contributed by atoms with Gasteiger partial charge in [0.25, 0.3) is 0 Å². The van der Waals surface area contributed by atoms with Crippen LogP contribution in [-0.4, -0.2) is 37.2 Å². The Hall–Kier alpha value is -3.41. The smallest absolute Gasteiger partial charge is 0.306 e. The van der Waals surface area contributed by atoms with Gasteiger partial charge in [-0.25, -0.2) is 0 Å². The van der Waals surface area contributed by atoms with Gasteiger partial charge >= 0.3 is 17.9 Å². The fourth-order valence-electron chi connectivity index (χ4n) is 6.93. The maximum Gasteiger partial charge on any atom is 0.306 e. The van der Waals surface area contributed by atoms with Gasteiger partial charge in [0, 0.05) is 19.3 Å². The highest BCUT2D eigenvalue weighted by molar-refractivity contribution is 5.71. The van der Waals surface area contributed by atoms with Crippen molar-refractivity contribution in [3.8, 4) is 0 Å². The fourth-order valence-corrected chi connectivity index (χ4v) is 6.93. The molecule has 0 fully saturated rings. The number of hydrogen-bond acceptors (Lipinski definition) is 6. The molecular weight excluding hydrogens is 781 g/mol. The molecule has 0 amide bonds. The first-order valence-corrected chi connectivity index (χ1v) is 26.1. The largest absolute Gasteiger partial charge is 0.462 e. The Kier molecular flexibility index (Phi) is 48.5. The van der Waals surface area contributed by atoms with Gasteiger partial charge in [-0.3, -0.25) is 14.4 Å². The van der Waals surface area contributed by atoms with Crippen LogP contribution in [0.4, 0.5) is 0 Å². The van der Waals surface area contributed by atoms with Gasteiger partial charge in [-0.1, -0.05) is 189 Å². The molecule has 0 aliphatic heterocycles. The van der Waals surface area contributed by atoms with Crippen LogP contribution in [0.5, 0.6) is 0 Å². The minimum atomic E-state index is -0.797. The SMILES string of the molecule is CC/C=C\C/C=C\C/C=C\CCCCCCCC(=O)OC[C@H](COC(=O)CCCCCC/C=C\C/C=C\C/C=C\CCCCC)OC(=O)CCCCCCC/C=C\CCCCCC. The maximum absolute atomic E-state index is 12.8. The normalized spacial score (nSPS) is 12.7. The molecule has 0 aromatic rings. The van der Waals surface area contributed by atoms with Crippen molar-refractivity contribution in [3.05, 3.63) is 85.1 Å². The number of allylic oxidation sites excluding steroid dienone is 14. The van der Waals surface area contributed by atoms with Crippen LogP contribution in [-0.2, 0) is 28.6 Å². The summed E-state index contributed by atoms with van der Waals surface area (Å²) in [4.78, 5) is 38.0. The molecule has 6 nitrogen and oxygen atoms in total. The Morgan fingerprint density at radius 3 is 1.02 bits per heavy atom. The third-order valence-electron chi connectivity index (χ3n) is 10.9. The van der Waals surface area contributed by atoms with E-state index in [1.807, 2.05) is 0 Å². The van der Waals surface area contributed by atoms with E-state index in [0.717, 1.165) is 135 Å². The molecule has 0 radical (unpaired) electrons. The Bertz CT molecular complexity index is 1240. The number of ether oxygens (including phenoxy) is 3. The molecule has 360 valence electrons. The predicted octanol–water partition coefficient (Wildman–Crippen LogP) is 17.2. The van der Waals surface area contributed by atoms with E-state index < -0.39 is 6.10 Å². The van der Waals surface area contributed by atoms with Gasteiger partial charge in [0.1, 0.15) is 13.2 Å². The third-order valence-corrected chi connectivity index (χ3v) is 10.9. The molecular formula is C57H96O6. The number of esters is 3. The highest BCUT2D eigenvalue weighted by Crippen LogP contribution is 2.13. The van der Waals surface area contributed by atoms with Crippen LogP contribution in [0, 0.1) is 0 Å². The molecule has 0 aliphatic rings. The monoisotopic (exact) mass is 877 g/mol. The molecule has 0 spiro atoms. The van der Waals surface area contributed by atoms with Gasteiger partial charge in [-0.05, 0) is 116 Å². The van der Waals surface area contributed by atoms with Gasteiger partial charge < -0.3 is 14.2 Å². The zero-order valence-electron chi connectivity index (χ0n) is 41.1. The van der Waals surface area contributed by atoms with E-state index in [4.69, 9.17) is 14.2 Å². The van der Waals surface area contributed by atoms with Crippen molar-refractivity contribution in [2.75, 3.05) is 13.2 Å². The van der Waals surface area contributed by atoms with Crippen LogP contribution in [0.3, 0.4) is 0 Å². The summed E-state index contributed by atoms with van der Waals surface area (Å²) < 4.78 is 16.8. The van der Waals surface area contributed by atoms with E-state index >= 15 is 0 Å². The third kappa shape index (κ3) is 49.5. The number of rotatable bonds is 46. The quantitative estimate of drug-likeness (QED) is 0.0262. The fraction of sp³-hybridized carbons (Fsp3) is 0.702. The first kappa shape index (κ1) is 59.6. The molecule has 0 aliphatic carbocycles. The second-order valence-corrected chi connectivity index (χ2v) is 17.0. The minimum Gasteiger partial charge on any atom is -0.462 e. The van der Waals surface area contributed by atoms with Crippen molar-refractivity contribution in [1.29, 1.82) is 0 Å². The van der Waals surface area contributed by atoms with Crippen molar-refractivity contribution < 1.29 is 28.6 Å². The van der Waals surface area contributed by atoms with Crippen LogP contribution in [0.25, 0.3) is 0 Å². The average molecular weight is 877 g/mol. The molecule has 0 N–H and O–H groups in total. The van der Waals surface area contributed by atoms with E-state index in [1.54, 1.807) is 0 Å². The number of unbranched alkanes of at least 4 members (excludes halogenated alkanes) is 21. The highest BCUT2D eigenvalue weighted by Gasteiger charge is 2.19. The van der Waals surface area contributed by atoms with Gasteiger partial charge in [0.05, 0.1) is 0 Å². The van der Waals surface area contributed by atoms with Gasteiger partial charge in [0.2, 0.25) is 0 Å². The Labute approximate surface area is 388 Å². The summed E-state index contributed by atoms with van der Waals surface area (Å²) in [5.41, 5.74) is 0. The number of hydrogen-bond donors (Lipinski definition) is 0. The van der Waals surface area contributed by atoms with Crippen LogP contribution < -0.4 is 0 Å². The van der Waals surface area contributed by atoms with Crippen LogP contribution in [0.1, 0.15) is 239 Å². The van der Waals surface area contributed by atoms with Crippen molar-refractivity contribution in [2.45, 2.75) is 245 Å². The molecule has 1 atom stereocenters. The van der Waals surface area contributed by atoms with Crippen molar-refractivity contribution in [2.24, 2.45) is 0 Å². The first-order chi connectivity index (χ1) is 31.0. The van der Waals surface area contributed by atoms with E-state index in [-0.39, 0.29) is 31.1 Å². The predicted molar refractivity (Wildman–Crippen MR) is 270 cm³/mol. The lowest BCUT2D eigenvalue weighted by Gasteiger charge is -2.18. The molecule has 0 saturated heterocycles. The lowest BCUT2D eigenvalue weighted by Crippen LogP contribution is -2.30. The molecule has 0 aromatic carbocycles. The summed E-state index contributed by atoms with van der Waals surface area (Å²) in [5.74, 6) is -0.944. The molecule has 63 heavy (non-hydrogen) atoms. The summed E-state index contributed by atoms with van der Waals surface area (Å²) in [6.07, 6.45) is 65.6. The van der Waals surface area contributed by atoms with Gasteiger partial charge in [-0.15, -0.1) is 0 Å². The maximum atomic E-state index is 12.8. The molecule has 0 rings (SSSR count). The average Bonchev–Trinajstić information content (AvgIpc) is 3.28. The second-order valence-electron chi connectivity index (χ2n) is 17.0. The summed E-state index contributed by atoms with van der Waals surface area (Å²) in [6.45, 7) is 6.44. The zero-order chi connectivity index (χ0) is 45.8. The molecule has 0 saturated carbocycles.